The van der Waals surface area contributed by atoms with Crippen LogP contribution < -0.4 is 5.14 Å². The van der Waals surface area contributed by atoms with Crippen LogP contribution in [-0.4, -0.2) is 40.8 Å². The van der Waals surface area contributed by atoms with Gasteiger partial charge >= 0.3 is 0 Å². The normalized spacial score (nSPS) is 18.9. The molecule has 1 fully saturated rings. The number of benzene rings is 1. The van der Waals surface area contributed by atoms with E-state index in [1.54, 1.807) is 10.9 Å². The molecule has 0 aliphatic carbocycles. The predicted molar refractivity (Wildman–Crippen MR) is 80.5 cm³/mol. The van der Waals surface area contributed by atoms with Gasteiger partial charge < -0.3 is 4.90 Å². The summed E-state index contributed by atoms with van der Waals surface area (Å²) < 4.78 is 24.5. The van der Waals surface area contributed by atoms with Gasteiger partial charge in [0.1, 0.15) is 5.25 Å². The molecule has 8 heteroatoms. The van der Waals surface area contributed by atoms with Crippen LogP contribution in [0.25, 0.3) is 5.69 Å². The summed E-state index contributed by atoms with van der Waals surface area (Å²) in [5.74, 6) is -0.200. The van der Waals surface area contributed by atoms with Crippen molar-refractivity contribution in [3.63, 3.8) is 0 Å². The van der Waals surface area contributed by atoms with Gasteiger partial charge in [0.2, 0.25) is 15.9 Å². The van der Waals surface area contributed by atoms with Crippen LogP contribution in [0.15, 0.2) is 42.7 Å². The first kappa shape index (κ1) is 14.7. The van der Waals surface area contributed by atoms with Gasteiger partial charge in [-0.1, -0.05) is 18.2 Å². The number of sulfonamides is 1. The van der Waals surface area contributed by atoms with Crippen molar-refractivity contribution in [2.45, 2.75) is 18.2 Å². The van der Waals surface area contributed by atoms with E-state index in [9.17, 15) is 13.2 Å². The summed E-state index contributed by atoms with van der Waals surface area (Å²) >= 11 is 0. The Morgan fingerprint density at radius 3 is 2.68 bits per heavy atom. The highest BCUT2D eigenvalue weighted by molar-refractivity contribution is 7.89. The molecule has 1 aromatic carbocycles. The quantitative estimate of drug-likeness (QED) is 0.873. The molecule has 1 atom stereocenters. The van der Waals surface area contributed by atoms with E-state index in [1.807, 2.05) is 36.5 Å². The average Bonchev–Trinajstić information content (AvgIpc) is 3.10. The van der Waals surface area contributed by atoms with Crippen LogP contribution in [0.3, 0.4) is 0 Å². The SMILES string of the molecule is NS(=O)(=O)C1CC(=O)N(Cc2ccccc2-n2cccn2)C1. The maximum Gasteiger partial charge on any atom is 0.224 e. The Bertz CT molecular complexity index is 786. The van der Waals surface area contributed by atoms with Gasteiger partial charge in [0, 0.05) is 31.9 Å². The first-order valence-electron chi connectivity index (χ1n) is 6.82. The van der Waals surface area contributed by atoms with Crippen molar-refractivity contribution < 1.29 is 13.2 Å². The molecule has 1 amide bonds. The van der Waals surface area contributed by atoms with Crippen LogP contribution in [0.5, 0.6) is 0 Å². The number of amides is 1. The molecule has 0 spiro atoms. The second-order valence-corrected chi connectivity index (χ2v) is 7.11. The molecule has 0 radical (unpaired) electrons. The van der Waals surface area contributed by atoms with Crippen LogP contribution in [0.4, 0.5) is 0 Å². The molecule has 2 aromatic rings. The number of hydrogen-bond donors (Lipinski definition) is 1. The second-order valence-electron chi connectivity index (χ2n) is 5.27. The summed E-state index contributed by atoms with van der Waals surface area (Å²) in [7, 11) is -3.69. The Balaban J connectivity index is 1.84. The highest BCUT2D eigenvalue weighted by atomic mass is 32.2. The van der Waals surface area contributed by atoms with Gasteiger partial charge in [0.25, 0.3) is 0 Å². The van der Waals surface area contributed by atoms with Gasteiger partial charge in [-0.25, -0.2) is 18.2 Å². The smallest absolute Gasteiger partial charge is 0.224 e. The van der Waals surface area contributed by atoms with Crippen LogP contribution in [0.1, 0.15) is 12.0 Å². The maximum absolute atomic E-state index is 12.0. The lowest BCUT2D eigenvalue weighted by Gasteiger charge is -2.18. The van der Waals surface area contributed by atoms with Crippen LogP contribution in [-0.2, 0) is 21.4 Å². The summed E-state index contributed by atoms with van der Waals surface area (Å²) in [5.41, 5.74) is 1.76. The summed E-state index contributed by atoms with van der Waals surface area (Å²) in [6.07, 6.45) is 3.44. The number of rotatable bonds is 4. The molecule has 1 saturated heterocycles. The lowest BCUT2D eigenvalue weighted by Crippen LogP contribution is -2.32. The zero-order valence-corrected chi connectivity index (χ0v) is 12.6. The van der Waals surface area contributed by atoms with Crippen molar-refractivity contribution in [3.05, 3.63) is 48.3 Å². The minimum absolute atomic E-state index is 0.0528. The van der Waals surface area contributed by atoms with Gasteiger partial charge in [0.05, 0.1) is 5.69 Å². The lowest BCUT2D eigenvalue weighted by molar-refractivity contribution is -0.128. The number of nitrogens with two attached hydrogens (primary N) is 1. The highest BCUT2D eigenvalue weighted by Gasteiger charge is 2.36. The van der Waals surface area contributed by atoms with Crippen molar-refractivity contribution in [2.75, 3.05) is 6.54 Å². The van der Waals surface area contributed by atoms with Crippen LogP contribution in [0, 0.1) is 0 Å². The summed E-state index contributed by atoms with van der Waals surface area (Å²) in [6, 6.07) is 9.38. The third kappa shape index (κ3) is 2.88. The number of hydrogen-bond acceptors (Lipinski definition) is 4. The standard InChI is InChI=1S/C14H16N4O3S/c15-22(20,21)12-8-14(19)17(10-12)9-11-4-1-2-5-13(11)18-7-3-6-16-18/h1-7,12H,8-10H2,(H2,15,20,21). The van der Waals surface area contributed by atoms with Crippen molar-refractivity contribution >= 4 is 15.9 Å². The Labute approximate surface area is 128 Å². The van der Waals surface area contributed by atoms with E-state index in [4.69, 9.17) is 5.14 Å². The molecular formula is C14H16N4O3S. The first-order chi connectivity index (χ1) is 10.4. The fourth-order valence-electron chi connectivity index (χ4n) is 2.59. The zero-order valence-electron chi connectivity index (χ0n) is 11.8. The second kappa shape index (κ2) is 5.54. The molecule has 2 heterocycles. The van der Waals surface area contributed by atoms with Gasteiger partial charge in [0.15, 0.2) is 0 Å². The molecule has 7 nitrogen and oxygen atoms in total. The third-order valence-corrected chi connectivity index (χ3v) is 4.99. The topological polar surface area (TPSA) is 98.3 Å². The van der Waals surface area contributed by atoms with Crippen molar-refractivity contribution in [1.82, 2.24) is 14.7 Å². The summed E-state index contributed by atoms with van der Waals surface area (Å²) in [4.78, 5) is 13.5. The van der Waals surface area contributed by atoms with Gasteiger partial charge in [-0.2, -0.15) is 5.10 Å². The van der Waals surface area contributed by atoms with E-state index in [2.05, 4.69) is 5.10 Å². The Hall–Kier alpha value is -2.19. The minimum Gasteiger partial charge on any atom is -0.337 e. The van der Waals surface area contributed by atoms with Gasteiger partial charge in [-0.3, -0.25) is 4.79 Å². The molecule has 1 aliphatic heterocycles. The molecule has 2 N–H and O–H groups in total. The molecule has 0 saturated carbocycles. The van der Waals surface area contributed by atoms with E-state index < -0.39 is 15.3 Å². The number of nitrogens with zero attached hydrogens (tertiary/aromatic N) is 3. The molecular weight excluding hydrogens is 304 g/mol. The van der Waals surface area contributed by atoms with Gasteiger partial charge in [-0.15, -0.1) is 0 Å². The lowest BCUT2D eigenvalue weighted by atomic mass is 10.1. The largest absolute Gasteiger partial charge is 0.337 e. The monoisotopic (exact) mass is 320 g/mol. The molecule has 116 valence electrons. The number of likely N-dealkylation sites (tertiary alicyclic amines) is 1. The van der Waals surface area contributed by atoms with Crippen LogP contribution in [0.2, 0.25) is 0 Å². The van der Waals surface area contributed by atoms with E-state index >= 15 is 0 Å². The molecule has 0 bridgehead atoms. The van der Waals surface area contributed by atoms with E-state index in [-0.39, 0.29) is 18.9 Å². The number of primary sulfonamides is 1. The minimum atomic E-state index is -3.69. The Morgan fingerprint density at radius 2 is 2.05 bits per heavy atom. The maximum atomic E-state index is 12.0. The van der Waals surface area contributed by atoms with Crippen molar-refractivity contribution in [2.24, 2.45) is 5.14 Å². The Kier molecular flexibility index (Phi) is 3.71. The van der Waals surface area contributed by atoms with E-state index in [0.29, 0.717) is 6.54 Å². The molecule has 1 aliphatic rings. The van der Waals surface area contributed by atoms with E-state index in [0.717, 1.165) is 11.3 Å². The number of aromatic nitrogens is 2. The Morgan fingerprint density at radius 1 is 1.27 bits per heavy atom. The summed E-state index contributed by atoms with van der Waals surface area (Å²) in [6.45, 7) is 0.464. The molecule has 1 aromatic heterocycles. The van der Waals surface area contributed by atoms with Crippen molar-refractivity contribution in [1.29, 1.82) is 0 Å². The fourth-order valence-corrected chi connectivity index (χ4v) is 3.36. The van der Waals surface area contributed by atoms with Crippen LogP contribution >= 0.6 is 0 Å². The zero-order chi connectivity index (χ0) is 15.7. The van der Waals surface area contributed by atoms with E-state index in [1.165, 1.54) is 4.90 Å². The fraction of sp³-hybridized carbons (Fsp3) is 0.286. The average molecular weight is 320 g/mol. The number of para-hydroxylation sites is 1. The van der Waals surface area contributed by atoms with Gasteiger partial charge in [-0.05, 0) is 17.7 Å². The number of carbonyl (C=O) groups is 1. The molecule has 3 rings (SSSR count). The third-order valence-electron chi connectivity index (χ3n) is 3.75. The molecule has 22 heavy (non-hydrogen) atoms. The number of carbonyl (C=O) groups excluding carboxylic acids is 1. The summed E-state index contributed by atoms with van der Waals surface area (Å²) in [5, 5.41) is 8.51. The molecule has 1 unspecified atom stereocenters. The highest BCUT2D eigenvalue weighted by Crippen LogP contribution is 2.22. The predicted octanol–water partition coefficient (Wildman–Crippen LogP) is 0.262. The first-order valence-corrected chi connectivity index (χ1v) is 8.43. The van der Waals surface area contributed by atoms with Crippen molar-refractivity contribution in [3.8, 4) is 5.69 Å².